The Labute approximate surface area is 142 Å². The number of hydrogen-bond donors (Lipinski definition) is 1. The van der Waals surface area contributed by atoms with Crippen LogP contribution < -0.4 is 5.32 Å². The van der Waals surface area contributed by atoms with E-state index in [9.17, 15) is 9.59 Å². The molecule has 1 unspecified atom stereocenters. The number of hydrogen-bond acceptors (Lipinski definition) is 3. The number of ketones is 1. The third kappa shape index (κ3) is 3.70. The SMILES string of the molecule is CC(C(=O)Nc1ccccn1)c1cccc(C(=O)C2CCCC2)c1. The standard InChI is InChI=1S/C20H22N2O2/c1-14(20(24)22-18-11-4-5-12-21-18)16-9-6-10-17(13-16)19(23)15-7-2-3-8-15/h4-6,9-15H,2-3,7-8H2,1H3,(H,21,22,24). The van der Waals surface area contributed by atoms with E-state index >= 15 is 0 Å². The molecule has 1 aromatic carbocycles. The lowest BCUT2D eigenvalue weighted by Gasteiger charge is -2.14. The molecule has 1 saturated carbocycles. The van der Waals surface area contributed by atoms with Crippen LogP contribution in [0, 0.1) is 5.92 Å². The molecule has 3 rings (SSSR count). The van der Waals surface area contributed by atoms with Crippen molar-refractivity contribution in [2.24, 2.45) is 5.92 Å². The summed E-state index contributed by atoms with van der Waals surface area (Å²) in [4.78, 5) is 29.1. The first kappa shape index (κ1) is 16.4. The molecule has 1 amide bonds. The van der Waals surface area contributed by atoms with Gasteiger partial charge in [0.25, 0.3) is 0 Å². The first-order chi connectivity index (χ1) is 11.6. The van der Waals surface area contributed by atoms with E-state index in [0.717, 1.165) is 36.8 Å². The number of pyridine rings is 1. The van der Waals surface area contributed by atoms with Crippen molar-refractivity contribution in [2.75, 3.05) is 5.32 Å². The van der Waals surface area contributed by atoms with Crippen LogP contribution in [0.3, 0.4) is 0 Å². The molecule has 0 spiro atoms. The highest BCUT2D eigenvalue weighted by Crippen LogP contribution is 2.29. The van der Waals surface area contributed by atoms with Gasteiger partial charge >= 0.3 is 0 Å². The number of benzene rings is 1. The van der Waals surface area contributed by atoms with Crippen molar-refractivity contribution in [1.82, 2.24) is 4.98 Å². The number of carbonyl (C=O) groups excluding carboxylic acids is 2. The van der Waals surface area contributed by atoms with Crippen LogP contribution in [0.1, 0.15) is 54.4 Å². The van der Waals surface area contributed by atoms with E-state index in [-0.39, 0.29) is 23.5 Å². The predicted molar refractivity (Wildman–Crippen MR) is 94.0 cm³/mol. The number of anilines is 1. The number of carbonyl (C=O) groups is 2. The van der Waals surface area contributed by atoms with Crippen molar-refractivity contribution >= 4 is 17.5 Å². The fourth-order valence-electron chi connectivity index (χ4n) is 3.21. The van der Waals surface area contributed by atoms with Gasteiger partial charge in [-0.3, -0.25) is 9.59 Å². The van der Waals surface area contributed by atoms with Gasteiger partial charge in [0.1, 0.15) is 5.82 Å². The van der Waals surface area contributed by atoms with Crippen LogP contribution in [0.15, 0.2) is 48.7 Å². The minimum Gasteiger partial charge on any atom is -0.310 e. The Kier molecular flexibility index (Phi) is 5.04. The fourth-order valence-corrected chi connectivity index (χ4v) is 3.21. The molecule has 1 heterocycles. The topological polar surface area (TPSA) is 59.1 Å². The van der Waals surface area contributed by atoms with Gasteiger partial charge in [-0.2, -0.15) is 0 Å². The summed E-state index contributed by atoms with van der Waals surface area (Å²) in [5.74, 6) is 0.430. The van der Waals surface area contributed by atoms with Gasteiger partial charge in [0, 0.05) is 17.7 Å². The summed E-state index contributed by atoms with van der Waals surface area (Å²) < 4.78 is 0. The van der Waals surface area contributed by atoms with Crippen molar-refractivity contribution in [3.63, 3.8) is 0 Å². The van der Waals surface area contributed by atoms with Gasteiger partial charge in [-0.15, -0.1) is 0 Å². The molecule has 0 radical (unpaired) electrons. The van der Waals surface area contributed by atoms with Gasteiger partial charge in [-0.05, 0) is 43.5 Å². The Bertz CT molecular complexity index is 721. The zero-order chi connectivity index (χ0) is 16.9. The van der Waals surface area contributed by atoms with Crippen molar-refractivity contribution in [1.29, 1.82) is 0 Å². The summed E-state index contributed by atoms with van der Waals surface area (Å²) in [7, 11) is 0. The summed E-state index contributed by atoms with van der Waals surface area (Å²) in [6, 6.07) is 12.9. The number of nitrogens with zero attached hydrogens (tertiary/aromatic N) is 1. The Morgan fingerprint density at radius 3 is 2.62 bits per heavy atom. The summed E-state index contributed by atoms with van der Waals surface area (Å²) in [6.07, 6.45) is 5.89. The Balaban J connectivity index is 1.72. The number of aromatic nitrogens is 1. The highest BCUT2D eigenvalue weighted by Gasteiger charge is 2.24. The van der Waals surface area contributed by atoms with Gasteiger partial charge in [-0.1, -0.05) is 37.1 Å². The van der Waals surface area contributed by atoms with E-state index in [1.54, 1.807) is 18.3 Å². The quantitative estimate of drug-likeness (QED) is 0.839. The number of nitrogens with one attached hydrogen (secondary N) is 1. The van der Waals surface area contributed by atoms with Crippen LogP contribution >= 0.6 is 0 Å². The van der Waals surface area contributed by atoms with Crippen LogP contribution in [0.5, 0.6) is 0 Å². The molecular weight excluding hydrogens is 300 g/mol. The maximum atomic E-state index is 12.6. The zero-order valence-corrected chi connectivity index (χ0v) is 13.9. The van der Waals surface area contributed by atoms with Gasteiger partial charge < -0.3 is 5.32 Å². The molecule has 4 heteroatoms. The molecule has 4 nitrogen and oxygen atoms in total. The van der Waals surface area contributed by atoms with E-state index in [1.807, 2.05) is 37.3 Å². The molecule has 1 fully saturated rings. The maximum Gasteiger partial charge on any atom is 0.232 e. The van der Waals surface area contributed by atoms with E-state index in [4.69, 9.17) is 0 Å². The minimum atomic E-state index is -0.344. The largest absolute Gasteiger partial charge is 0.310 e. The lowest BCUT2D eigenvalue weighted by atomic mass is 9.92. The molecule has 1 aliphatic carbocycles. The maximum absolute atomic E-state index is 12.6. The number of rotatable bonds is 5. The molecule has 0 aliphatic heterocycles. The molecular formula is C20H22N2O2. The second-order valence-corrected chi connectivity index (χ2v) is 6.40. The van der Waals surface area contributed by atoms with E-state index in [1.165, 1.54) is 0 Å². The van der Waals surface area contributed by atoms with Crippen molar-refractivity contribution in [3.05, 3.63) is 59.8 Å². The molecule has 2 aromatic rings. The van der Waals surface area contributed by atoms with Crippen molar-refractivity contribution in [3.8, 4) is 0 Å². The Morgan fingerprint density at radius 1 is 1.12 bits per heavy atom. The first-order valence-electron chi connectivity index (χ1n) is 8.51. The Hall–Kier alpha value is -2.49. The van der Waals surface area contributed by atoms with Gasteiger partial charge in [-0.25, -0.2) is 4.98 Å². The van der Waals surface area contributed by atoms with Gasteiger partial charge in [0.15, 0.2) is 5.78 Å². The van der Waals surface area contributed by atoms with Crippen molar-refractivity contribution < 1.29 is 9.59 Å². The average Bonchev–Trinajstić information content (AvgIpc) is 3.16. The van der Waals surface area contributed by atoms with Crippen LogP contribution in [-0.4, -0.2) is 16.7 Å². The number of amides is 1. The third-order valence-electron chi connectivity index (χ3n) is 4.71. The smallest absolute Gasteiger partial charge is 0.232 e. The average molecular weight is 322 g/mol. The summed E-state index contributed by atoms with van der Waals surface area (Å²) >= 11 is 0. The normalized spacial score (nSPS) is 15.9. The van der Waals surface area contributed by atoms with E-state index in [2.05, 4.69) is 10.3 Å². The van der Waals surface area contributed by atoms with Crippen molar-refractivity contribution in [2.45, 2.75) is 38.5 Å². The highest BCUT2D eigenvalue weighted by molar-refractivity contribution is 5.99. The summed E-state index contributed by atoms with van der Waals surface area (Å²) in [6.45, 7) is 1.84. The first-order valence-corrected chi connectivity index (χ1v) is 8.51. The number of Topliss-reactive ketones (excluding diaryl/α,β-unsaturated/α-hetero) is 1. The monoisotopic (exact) mass is 322 g/mol. The van der Waals surface area contributed by atoms with Crippen LogP contribution in [0.2, 0.25) is 0 Å². The van der Waals surface area contributed by atoms with Crippen LogP contribution in [0.4, 0.5) is 5.82 Å². The van der Waals surface area contributed by atoms with Crippen LogP contribution in [0.25, 0.3) is 0 Å². The lowest BCUT2D eigenvalue weighted by Crippen LogP contribution is -2.20. The minimum absolute atomic E-state index is 0.126. The summed E-state index contributed by atoms with van der Waals surface area (Å²) in [5, 5.41) is 2.81. The van der Waals surface area contributed by atoms with Crippen LogP contribution in [-0.2, 0) is 4.79 Å². The molecule has 1 atom stereocenters. The lowest BCUT2D eigenvalue weighted by molar-refractivity contribution is -0.117. The van der Waals surface area contributed by atoms with E-state index < -0.39 is 0 Å². The highest BCUT2D eigenvalue weighted by atomic mass is 16.2. The molecule has 0 saturated heterocycles. The second kappa shape index (κ2) is 7.39. The van der Waals surface area contributed by atoms with E-state index in [0.29, 0.717) is 5.82 Å². The Morgan fingerprint density at radius 2 is 1.92 bits per heavy atom. The fraction of sp³-hybridized carbons (Fsp3) is 0.350. The third-order valence-corrected chi connectivity index (χ3v) is 4.71. The zero-order valence-electron chi connectivity index (χ0n) is 13.9. The molecule has 1 N–H and O–H groups in total. The van der Waals surface area contributed by atoms with Gasteiger partial charge in [0.2, 0.25) is 5.91 Å². The molecule has 0 bridgehead atoms. The molecule has 124 valence electrons. The molecule has 1 aromatic heterocycles. The predicted octanol–water partition coefficient (Wildman–Crippen LogP) is 4.20. The summed E-state index contributed by atoms with van der Waals surface area (Å²) in [5.41, 5.74) is 1.57. The molecule has 1 aliphatic rings. The molecule has 24 heavy (non-hydrogen) atoms. The second-order valence-electron chi connectivity index (χ2n) is 6.40. The van der Waals surface area contributed by atoms with Gasteiger partial charge in [0.05, 0.1) is 5.92 Å².